The number of nitro groups is 1. The third-order valence-electron chi connectivity index (χ3n) is 2.42. The smallest absolute Gasteiger partial charge is 0.270 e. The van der Waals surface area contributed by atoms with Gasteiger partial charge in [0.25, 0.3) is 5.69 Å². The average Bonchev–Trinajstić information content (AvgIpc) is 2.35. The highest BCUT2D eigenvalue weighted by molar-refractivity contribution is 5.99. The number of nitrogens with one attached hydrogen (secondary N) is 1. The van der Waals surface area contributed by atoms with Crippen LogP contribution in [-0.4, -0.2) is 16.5 Å². The summed E-state index contributed by atoms with van der Waals surface area (Å²) >= 11 is 0. The van der Waals surface area contributed by atoms with Gasteiger partial charge in [0, 0.05) is 24.1 Å². The molecule has 0 unspecified atom stereocenters. The van der Waals surface area contributed by atoms with Crippen LogP contribution in [-0.2, 0) is 4.79 Å². The van der Waals surface area contributed by atoms with E-state index in [1.54, 1.807) is 19.1 Å². The van der Waals surface area contributed by atoms with E-state index in [0.717, 1.165) is 0 Å². The zero-order valence-corrected chi connectivity index (χ0v) is 11.2. The molecule has 0 bridgehead atoms. The first-order valence-electron chi connectivity index (χ1n) is 5.98. The molecule has 0 aliphatic rings. The average molecular weight is 263 g/mol. The van der Waals surface area contributed by atoms with Crippen LogP contribution in [0.1, 0.15) is 32.8 Å². The van der Waals surface area contributed by atoms with Crippen molar-refractivity contribution in [1.29, 1.82) is 0 Å². The Kier molecular flexibility index (Phi) is 5.17. The fourth-order valence-electron chi connectivity index (χ4n) is 1.47. The third kappa shape index (κ3) is 4.87. The fraction of sp³-hybridized carbons (Fsp3) is 0.385. The molecule has 1 rings (SSSR count). The van der Waals surface area contributed by atoms with Crippen molar-refractivity contribution >= 4 is 17.3 Å². The maximum atomic E-state index is 11.4. The topological polar surface area (TPSA) is 84.6 Å². The summed E-state index contributed by atoms with van der Waals surface area (Å²) in [6.45, 7) is 5.57. The van der Waals surface area contributed by atoms with Crippen LogP contribution >= 0.6 is 0 Å². The number of hydrogen-bond donors (Lipinski definition) is 1. The molecule has 1 aromatic carbocycles. The molecular weight excluding hydrogens is 246 g/mol. The molecule has 0 aliphatic heterocycles. The molecular formula is C13H17N3O3. The number of carbonyl (C=O) groups is 1. The van der Waals surface area contributed by atoms with Gasteiger partial charge in [0.15, 0.2) is 0 Å². The summed E-state index contributed by atoms with van der Waals surface area (Å²) in [7, 11) is 0. The SMILES string of the molecule is CC(=NNC(=O)CC(C)C)c1cccc([N+](=O)[O-])c1. The van der Waals surface area contributed by atoms with Gasteiger partial charge in [-0.05, 0) is 12.8 Å². The van der Waals surface area contributed by atoms with E-state index < -0.39 is 4.92 Å². The second-order valence-corrected chi connectivity index (χ2v) is 4.64. The van der Waals surface area contributed by atoms with Crippen LogP contribution in [0.5, 0.6) is 0 Å². The third-order valence-corrected chi connectivity index (χ3v) is 2.42. The van der Waals surface area contributed by atoms with Gasteiger partial charge in [-0.15, -0.1) is 0 Å². The standard InChI is InChI=1S/C13H17N3O3/c1-9(2)7-13(17)15-14-10(3)11-5-4-6-12(8-11)16(18)19/h4-6,8-9H,7H2,1-3H3,(H,15,17). The molecule has 0 fully saturated rings. The van der Waals surface area contributed by atoms with Gasteiger partial charge in [-0.25, -0.2) is 5.43 Å². The molecule has 1 aromatic rings. The Morgan fingerprint density at radius 1 is 1.47 bits per heavy atom. The zero-order chi connectivity index (χ0) is 14.4. The van der Waals surface area contributed by atoms with E-state index in [9.17, 15) is 14.9 Å². The maximum absolute atomic E-state index is 11.4. The summed E-state index contributed by atoms with van der Waals surface area (Å²) in [5.41, 5.74) is 3.58. The Bertz CT molecular complexity index is 510. The van der Waals surface area contributed by atoms with Gasteiger partial charge in [-0.3, -0.25) is 14.9 Å². The molecule has 1 N–H and O–H groups in total. The number of carbonyl (C=O) groups excluding carboxylic acids is 1. The van der Waals surface area contributed by atoms with Crippen molar-refractivity contribution in [3.8, 4) is 0 Å². The van der Waals surface area contributed by atoms with Gasteiger partial charge < -0.3 is 0 Å². The van der Waals surface area contributed by atoms with Crippen LogP contribution in [0.3, 0.4) is 0 Å². The number of nitro benzene ring substituents is 1. The lowest BCUT2D eigenvalue weighted by atomic mass is 10.1. The van der Waals surface area contributed by atoms with Gasteiger partial charge in [0.1, 0.15) is 0 Å². The summed E-state index contributed by atoms with van der Waals surface area (Å²) in [6.07, 6.45) is 0.395. The summed E-state index contributed by atoms with van der Waals surface area (Å²) in [4.78, 5) is 21.6. The molecule has 0 radical (unpaired) electrons. The van der Waals surface area contributed by atoms with Crippen LogP contribution in [0.4, 0.5) is 5.69 Å². The summed E-state index contributed by atoms with van der Waals surface area (Å²) < 4.78 is 0. The summed E-state index contributed by atoms with van der Waals surface area (Å²) in [5.74, 6) is 0.0908. The minimum Gasteiger partial charge on any atom is -0.273 e. The number of non-ortho nitro benzene ring substituents is 1. The van der Waals surface area contributed by atoms with E-state index in [-0.39, 0.29) is 17.5 Å². The van der Waals surface area contributed by atoms with E-state index in [1.165, 1.54) is 12.1 Å². The molecule has 6 heteroatoms. The van der Waals surface area contributed by atoms with Crippen molar-refractivity contribution in [1.82, 2.24) is 5.43 Å². The highest BCUT2D eigenvalue weighted by Crippen LogP contribution is 2.13. The number of hydrazone groups is 1. The molecule has 0 saturated carbocycles. The Hall–Kier alpha value is -2.24. The highest BCUT2D eigenvalue weighted by Gasteiger charge is 2.08. The number of benzene rings is 1. The van der Waals surface area contributed by atoms with Crippen LogP contribution in [0.2, 0.25) is 0 Å². The second kappa shape index (κ2) is 6.63. The Balaban J connectivity index is 2.76. The van der Waals surface area contributed by atoms with Crippen LogP contribution in [0.25, 0.3) is 0 Å². The first-order chi connectivity index (χ1) is 8.90. The van der Waals surface area contributed by atoms with Crippen molar-refractivity contribution < 1.29 is 9.72 Å². The number of rotatable bonds is 5. The van der Waals surface area contributed by atoms with Crippen molar-refractivity contribution in [2.45, 2.75) is 27.2 Å². The number of hydrogen-bond acceptors (Lipinski definition) is 4. The highest BCUT2D eigenvalue weighted by atomic mass is 16.6. The van der Waals surface area contributed by atoms with Crippen LogP contribution in [0.15, 0.2) is 29.4 Å². The van der Waals surface area contributed by atoms with Crippen molar-refractivity contribution in [3.63, 3.8) is 0 Å². The Morgan fingerprint density at radius 3 is 2.74 bits per heavy atom. The van der Waals surface area contributed by atoms with Gasteiger partial charge in [0.2, 0.25) is 5.91 Å². The van der Waals surface area contributed by atoms with Crippen molar-refractivity contribution in [3.05, 3.63) is 39.9 Å². The number of nitrogens with zero attached hydrogens (tertiary/aromatic N) is 2. The van der Waals surface area contributed by atoms with Gasteiger partial charge in [-0.1, -0.05) is 26.0 Å². The Morgan fingerprint density at radius 2 is 2.16 bits per heavy atom. The monoisotopic (exact) mass is 263 g/mol. The Labute approximate surface area is 111 Å². The minimum atomic E-state index is -0.464. The molecule has 19 heavy (non-hydrogen) atoms. The number of amides is 1. The lowest BCUT2D eigenvalue weighted by Gasteiger charge is -2.04. The second-order valence-electron chi connectivity index (χ2n) is 4.64. The van der Waals surface area contributed by atoms with E-state index in [2.05, 4.69) is 10.5 Å². The van der Waals surface area contributed by atoms with Crippen molar-refractivity contribution in [2.24, 2.45) is 11.0 Å². The fourth-order valence-corrected chi connectivity index (χ4v) is 1.47. The van der Waals surface area contributed by atoms with Gasteiger partial charge in [-0.2, -0.15) is 5.10 Å². The lowest BCUT2D eigenvalue weighted by molar-refractivity contribution is -0.384. The summed E-state index contributed by atoms with van der Waals surface area (Å²) in [5, 5.41) is 14.6. The van der Waals surface area contributed by atoms with Crippen LogP contribution in [0, 0.1) is 16.0 Å². The zero-order valence-electron chi connectivity index (χ0n) is 11.2. The first-order valence-corrected chi connectivity index (χ1v) is 5.98. The lowest BCUT2D eigenvalue weighted by Crippen LogP contribution is -2.20. The summed E-state index contributed by atoms with van der Waals surface area (Å²) in [6, 6.07) is 6.13. The van der Waals surface area contributed by atoms with Gasteiger partial charge >= 0.3 is 0 Å². The molecule has 1 amide bonds. The quantitative estimate of drug-likeness (QED) is 0.503. The van der Waals surface area contributed by atoms with E-state index in [4.69, 9.17) is 0 Å². The normalized spacial score (nSPS) is 11.5. The van der Waals surface area contributed by atoms with Gasteiger partial charge in [0.05, 0.1) is 10.6 Å². The molecule has 0 aliphatic carbocycles. The van der Waals surface area contributed by atoms with E-state index in [1.807, 2.05) is 13.8 Å². The van der Waals surface area contributed by atoms with E-state index in [0.29, 0.717) is 17.7 Å². The molecule has 0 saturated heterocycles. The maximum Gasteiger partial charge on any atom is 0.270 e. The van der Waals surface area contributed by atoms with E-state index >= 15 is 0 Å². The molecule has 102 valence electrons. The minimum absolute atomic E-state index is 0.000516. The first kappa shape index (κ1) is 14.8. The predicted molar refractivity (Wildman–Crippen MR) is 72.9 cm³/mol. The molecule has 0 aromatic heterocycles. The predicted octanol–water partition coefficient (Wildman–Crippen LogP) is 2.48. The van der Waals surface area contributed by atoms with Crippen molar-refractivity contribution in [2.75, 3.05) is 0 Å². The van der Waals surface area contributed by atoms with Crippen LogP contribution < -0.4 is 5.43 Å². The molecule has 6 nitrogen and oxygen atoms in total. The molecule has 0 heterocycles. The molecule has 0 spiro atoms. The molecule has 0 atom stereocenters. The largest absolute Gasteiger partial charge is 0.273 e.